The number of hydrogen-bond donors (Lipinski definition) is 1. The molecule has 0 heterocycles. The van der Waals surface area contributed by atoms with E-state index in [1.165, 1.54) is 0 Å². The molecule has 0 aromatic carbocycles. The lowest BCUT2D eigenvalue weighted by Crippen LogP contribution is -2.44. The van der Waals surface area contributed by atoms with Crippen molar-refractivity contribution in [2.24, 2.45) is 5.73 Å². The number of halogens is 2. The molecule has 11 heavy (non-hydrogen) atoms. The largest absolute Gasteiger partial charge is 0.322 e. The maximum Gasteiger partial charge on any atom is 0.248 e. The van der Waals surface area contributed by atoms with Crippen LogP contribution in [0.4, 0.5) is 8.78 Å². The van der Waals surface area contributed by atoms with Crippen LogP contribution in [0.3, 0.4) is 0 Å². The van der Waals surface area contributed by atoms with Crippen LogP contribution in [0.1, 0.15) is 25.7 Å². The fourth-order valence-electron chi connectivity index (χ4n) is 1.29. The lowest BCUT2D eigenvalue weighted by molar-refractivity contribution is -0.0449. The Morgan fingerprint density at radius 3 is 2.00 bits per heavy atom. The van der Waals surface area contributed by atoms with Gasteiger partial charge in [-0.1, -0.05) is 6.08 Å². The van der Waals surface area contributed by atoms with E-state index in [0.717, 1.165) is 0 Å². The number of rotatable bonds is 1. The summed E-state index contributed by atoms with van der Waals surface area (Å²) in [5, 5.41) is 0. The van der Waals surface area contributed by atoms with Crippen molar-refractivity contribution >= 4 is 0 Å². The van der Waals surface area contributed by atoms with Gasteiger partial charge in [0.15, 0.2) is 0 Å². The first-order valence-electron chi connectivity index (χ1n) is 3.78. The number of nitrogens with two attached hydrogens (primary N) is 1. The molecule has 0 aliphatic heterocycles. The van der Waals surface area contributed by atoms with Crippen molar-refractivity contribution in [3.63, 3.8) is 0 Å². The number of hydrogen-bond acceptors (Lipinski definition) is 1. The normalized spacial score (nSPS) is 27.9. The molecule has 0 aromatic heterocycles. The standard InChI is InChI=1S/C8H13F2N/c1-2-7(11)3-5-8(9,10)6-4-7/h2H,1,3-6,11H2. The van der Waals surface area contributed by atoms with Crippen molar-refractivity contribution in [3.05, 3.63) is 12.7 Å². The smallest absolute Gasteiger partial charge is 0.248 e. The third kappa shape index (κ3) is 1.99. The van der Waals surface area contributed by atoms with Gasteiger partial charge in [-0.3, -0.25) is 0 Å². The maximum absolute atomic E-state index is 12.6. The van der Waals surface area contributed by atoms with E-state index in [0.29, 0.717) is 12.8 Å². The second-order valence-electron chi connectivity index (χ2n) is 3.29. The molecular formula is C8H13F2N. The molecule has 0 aromatic rings. The van der Waals surface area contributed by atoms with E-state index < -0.39 is 11.5 Å². The first kappa shape index (κ1) is 8.65. The molecule has 0 amide bonds. The minimum absolute atomic E-state index is 0.102. The van der Waals surface area contributed by atoms with Crippen LogP contribution in [-0.4, -0.2) is 11.5 Å². The van der Waals surface area contributed by atoms with E-state index >= 15 is 0 Å². The Labute approximate surface area is 65.3 Å². The maximum atomic E-state index is 12.6. The Kier molecular flexibility index (Phi) is 2.01. The van der Waals surface area contributed by atoms with Crippen LogP contribution in [0.5, 0.6) is 0 Å². The molecule has 1 saturated carbocycles. The molecule has 1 aliphatic rings. The highest BCUT2D eigenvalue weighted by Crippen LogP contribution is 2.37. The minimum atomic E-state index is -2.49. The summed E-state index contributed by atoms with van der Waals surface area (Å²) in [5.41, 5.74) is 5.19. The molecule has 0 unspecified atom stereocenters. The molecular weight excluding hydrogens is 148 g/mol. The van der Waals surface area contributed by atoms with Crippen LogP contribution in [0.25, 0.3) is 0 Å². The van der Waals surface area contributed by atoms with Gasteiger partial charge in [-0.2, -0.15) is 0 Å². The van der Waals surface area contributed by atoms with Crippen LogP contribution in [0.2, 0.25) is 0 Å². The van der Waals surface area contributed by atoms with E-state index in [1.807, 2.05) is 0 Å². The Morgan fingerprint density at radius 1 is 1.18 bits per heavy atom. The van der Waals surface area contributed by atoms with Gasteiger partial charge in [0.25, 0.3) is 0 Å². The summed E-state index contributed by atoms with van der Waals surface area (Å²) in [4.78, 5) is 0. The van der Waals surface area contributed by atoms with E-state index in [9.17, 15) is 8.78 Å². The Balaban J connectivity index is 2.54. The van der Waals surface area contributed by atoms with Gasteiger partial charge in [-0.05, 0) is 12.8 Å². The molecule has 0 atom stereocenters. The lowest BCUT2D eigenvalue weighted by atomic mass is 9.81. The average Bonchev–Trinajstić information content (AvgIpc) is 1.97. The zero-order valence-corrected chi connectivity index (χ0v) is 6.45. The van der Waals surface area contributed by atoms with Crippen LogP contribution >= 0.6 is 0 Å². The quantitative estimate of drug-likeness (QED) is 0.585. The zero-order chi connectivity index (χ0) is 8.54. The minimum Gasteiger partial charge on any atom is -0.322 e. The molecule has 1 fully saturated rings. The van der Waals surface area contributed by atoms with Gasteiger partial charge in [-0.25, -0.2) is 8.78 Å². The van der Waals surface area contributed by atoms with Gasteiger partial charge < -0.3 is 5.73 Å². The predicted octanol–water partition coefficient (Wildman–Crippen LogP) is 2.08. The average molecular weight is 161 g/mol. The van der Waals surface area contributed by atoms with Crippen molar-refractivity contribution in [3.8, 4) is 0 Å². The van der Waals surface area contributed by atoms with Crippen molar-refractivity contribution < 1.29 is 8.78 Å². The van der Waals surface area contributed by atoms with Gasteiger partial charge >= 0.3 is 0 Å². The van der Waals surface area contributed by atoms with E-state index in [4.69, 9.17) is 5.73 Å². The Bertz CT molecular complexity index is 155. The monoisotopic (exact) mass is 161 g/mol. The van der Waals surface area contributed by atoms with Crippen LogP contribution in [0, 0.1) is 0 Å². The van der Waals surface area contributed by atoms with Crippen LogP contribution in [-0.2, 0) is 0 Å². The summed E-state index contributed by atoms with van der Waals surface area (Å²) in [6.07, 6.45) is 2.08. The highest BCUT2D eigenvalue weighted by atomic mass is 19.3. The van der Waals surface area contributed by atoms with Crippen molar-refractivity contribution in [1.82, 2.24) is 0 Å². The molecule has 0 spiro atoms. The lowest BCUT2D eigenvalue weighted by Gasteiger charge is -2.34. The van der Waals surface area contributed by atoms with Gasteiger partial charge in [0, 0.05) is 18.4 Å². The van der Waals surface area contributed by atoms with Crippen LogP contribution in [0.15, 0.2) is 12.7 Å². The first-order valence-corrected chi connectivity index (χ1v) is 3.78. The molecule has 64 valence electrons. The highest BCUT2D eigenvalue weighted by Gasteiger charge is 2.39. The zero-order valence-electron chi connectivity index (χ0n) is 6.45. The molecule has 3 heteroatoms. The molecule has 2 N–H and O–H groups in total. The molecule has 1 aliphatic carbocycles. The summed E-state index contributed by atoms with van der Waals surface area (Å²) in [6.45, 7) is 3.53. The second-order valence-corrected chi connectivity index (χ2v) is 3.29. The highest BCUT2D eigenvalue weighted by molar-refractivity contribution is 5.04. The van der Waals surface area contributed by atoms with Gasteiger partial charge in [0.2, 0.25) is 5.92 Å². The van der Waals surface area contributed by atoms with Gasteiger partial charge in [0.1, 0.15) is 0 Å². The summed E-state index contributed by atoms with van der Waals surface area (Å²) >= 11 is 0. The molecule has 1 rings (SSSR count). The molecule has 0 radical (unpaired) electrons. The fourth-order valence-corrected chi connectivity index (χ4v) is 1.29. The Morgan fingerprint density at radius 2 is 1.64 bits per heavy atom. The van der Waals surface area contributed by atoms with Gasteiger partial charge in [-0.15, -0.1) is 6.58 Å². The Hall–Kier alpha value is -0.440. The van der Waals surface area contributed by atoms with E-state index in [2.05, 4.69) is 6.58 Å². The SMILES string of the molecule is C=CC1(N)CCC(F)(F)CC1. The van der Waals surface area contributed by atoms with Crippen molar-refractivity contribution in [2.75, 3.05) is 0 Å². The van der Waals surface area contributed by atoms with E-state index in [1.54, 1.807) is 6.08 Å². The molecule has 1 nitrogen and oxygen atoms in total. The van der Waals surface area contributed by atoms with Gasteiger partial charge in [0.05, 0.1) is 0 Å². The third-order valence-corrected chi connectivity index (χ3v) is 2.32. The fraction of sp³-hybridized carbons (Fsp3) is 0.750. The number of alkyl halides is 2. The van der Waals surface area contributed by atoms with E-state index in [-0.39, 0.29) is 12.8 Å². The predicted molar refractivity (Wildman–Crippen MR) is 40.5 cm³/mol. The topological polar surface area (TPSA) is 26.0 Å². The summed E-state index contributed by atoms with van der Waals surface area (Å²) in [7, 11) is 0. The van der Waals surface area contributed by atoms with Crippen molar-refractivity contribution in [1.29, 1.82) is 0 Å². The summed E-state index contributed by atoms with van der Waals surface area (Å²) in [5.74, 6) is -2.49. The third-order valence-electron chi connectivity index (χ3n) is 2.32. The summed E-state index contributed by atoms with van der Waals surface area (Å²) < 4.78 is 25.2. The second kappa shape index (κ2) is 2.55. The summed E-state index contributed by atoms with van der Waals surface area (Å²) in [6, 6.07) is 0. The molecule has 0 saturated heterocycles. The van der Waals surface area contributed by atoms with Crippen LogP contribution < -0.4 is 5.73 Å². The molecule has 0 bridgehead atoms. The van der Waals surface area contributed by atoms with Crippen molar-refractivity contribution in [2.45, 2.75) is 37.1 Å². The first-order chi connectivity index (χ1) is 4.97.